The van der Waals surface area contributed by atoms with E-state index in [0.717, 1.165) is 18.7 Å². The Balaban J connectivity index is 1.45. The van der Waals surface area contributed by atoms with Crippen LogP contribution >= 0.6 is 11.3 Å². The zero-order valence-electron chi connectivity index (χ0n) is 16.7. The molecule has 0 unspecified atom stereocenters. The predicted octanol–water partition coefficient (Wildman–Crippen LogP) is 2.94. The molecule has 2 saturated heterocycles. The van der Waals surface area contributed by atoms with Gasteiger partial charge in [-0.3, -0.25) is 19.7 Å². The van der Waals surface area contributed by atoms with Crippen molar-refractivity contribution in [3.8, 4) is 0 Å². The SMILES string of the molecule is O=C1N(Cc2ccsc2)CCO[C@]12CN(Cc1ccncc1)C[C@@H]2c1cccnc1. The number of amides is 1. The molecule has 5 heterocycles. The molecule has 2 atom stereocenters. The maximum Gasteiger partial charge on any atom is 0.257 e. The van der Waals surface area contributed by atoms with E-state index < -0.39 is 5.60 Å². The average Bonchev–Trinajstić information content (AvgIpc) is 3.41. The standard InChI is InChI=1S/C23H24N4O2S/c28-22-23(29-10-9-27(22)14-19-5-11-30-16-19)17-26(13-18-3-7-24-8-4-18)15-21(23)20-2-1-6-25-12-20/h1-8,11-12,16,21H,9-10,13-15,17H2/t21-,23+/m1/s1. The highest BCUT2D eigenvalue weighted by Crippen LogP contribution is 2.42. The second kappa shape index (κ2) is 8.26. The van der Waals surface area contributed by atoms with E-state index in [1.807, 2.05) is 41.7 Å². The van der Waals surface area contributed by atoms with E-state index in [-0.39, 0.29) is 11.8 Å². The normalized spacial score (nSPS) is 24.6. The molecule has 3 aromatic rings. The molecule has 0 saturated carbocycles. The van der Waals surface area contributed by atoms with Crippen LogP contribution < -0.4 is 0 Å². The first-order valence-corrected chi connectivity index (χ1v) is 11.1. The third-order valence-electron chi connectivity index (χ3n) is 6.03. The number of likely N-dealkylation sites (tertiary alicyclic amines) is 1. The van der Waals surface area contributed by atoms with Crippen LogP contribution in [0.4, 0.5) is 0 Å². The van der Waals surface area contributed by atoms with Gasteiger partial charge in [-0.2, -0.15) is 11.3 Å². The van der Waals surface area contributed by atoms with Gasteiger partial charge in [-0.1, -0.05) is 6.07 Å². The maximum atomic E-state index is 13.8. The molecule has 0 N–H and O–H groups in total. The number of pyridine rings is 2. The highest BCUT2D eigenvalue weighted by molar-refractivity contribution is 7.07. The van der Waals surface area contributed by atoms with Crippen molar-refractivity contribution in [2.24, 2.45) is 0 Å². The number of aromatic nitrogens is 2. The average molecular weight is 421 g/mol. The Labute approximate surface area is 180 Å². The molecule has 30 heavy (non-hydrogen) atoms. The fourth-order valence-corrected chi connectivity index (χ4v) is 5.28. The highest BCUT2D eigenvalue weighted by Gasteiger charge is 2.56. The van der Waals surface area contributed by atoms with Crippen molar-refractivity contribution in [2.45, 2.75) is 24.6 Å². The number of hydrogen-bond acceptors (Lipinski definition) is 6. The molecular formula is C23H24N4O2S. The molecular weight excluding hydrogens is 396 g/mol. The lowest BCUT2D eigenvalue weighted by Gasteiger charge is -2.42. The molecule has 0 aliphatic carbocycles. The topological polar surface area (TPSA) is 58.6 Å². The summed E-state index contributed by atoms with van der Waals surface area (Å²) in [6, 6.07) is 10.1. The summed E-state index contributed by atoms with van der Waals surface area (Å²) in [6.45, 7) is 3.91. The van der Waals surface area contributed by atoms with Gasteiger partial charge in [-0.25, -0.2) is 0 Å². The van der Waals surface area contributed by atoms with Gasteiger partial charge >= 0.3 is 0 Å². The third-order valence-corrected chi connectivity index (χ3v) is 6.76. The Morgan fingerprint density at radius 1 is 1.10 bits per heavy atom. The van der Waals surface area contributed by atoms with Crippen molar-refractivity contribution >= 4 is 17.2 Å². The number of carbonyl (C=O) groups excluding carboxylic acids is 1. The Morgan fingerprint density at radius 2 is 2.00 bits per heavy atom. The van der Waals surface area contributed by atoms with Crippen LogP contribution in [0.2, 0.25) is 0 Å². The number of ether oxygens (including phenoxy) is 1. The first-order valence-electron chi connectivity index (χ1n) is 10.2. The van der Waals surface area contributed by atoms with E-state index in [0.29, 0.717) is 26.2 Å². The first kappa shape index (κ1) is 19.4. The molecule has 0 aromatic carbocycles. The van der Waals surface area contributed by atoms with Crippen LogP contribution in [0.1, 0.15) is 22.6 Å². The molecule has 5 rings (SSSR count). The predicted molar refractivity (Wildman–Crippen MR) is 115 cm³/mol. The second-order valence-electron chi connectivity index (χ2n) is 7.96. The molecule has 2 aliphatic heterocycles. The van der Waals surface area contributed by atoms with E-state index in [2.05, 4.69) is 37.8 Å². The molecule has 154 valence electrons. The van der Waals surface area contributed by atoms with Crippen molar-refractivity contribution in [3.63, 3.8) is 0 Å². The molecule has 6 nitrogen and oxygen atoms in total. The van der Waals surface area contributed by atoms with Crippen molar-refractivity contribution in [1.82, 2.24) is 19.8 Å². The number of morpholine rings is 1. The monoisotopic (exact) mass is 420 g/mol. The minimum atomic E-state index is -0.871. The van der Waals surface area contributed by atoms with E-state index in [1.54, 1.807) is 17.5 Å². The molecule has 1 amide bonds. The second-order valence-corrected chi connectivity index (χ2v) is 8.74. The van der Waals surface area contributed by atoms with Crippen molar-refractivity contribution in [3.05, 3.63) is 82.6 Å². The molecule has 0 radical (unpaired) electrons. The molecule has 1 spiro atoms. The summed E-state index contributed by atoms with van der Waals surface area (Å²) >= 11 is 1.66. The van der Waals surface area contributed by atoms with Crippen molar-refractivity contribution in [1.29, 1.82) is 0 Å². The zero-order chi connectivity index (χ0) is 20.4. The Kier molecular flexibility index (Phi) is 5.33. The maximum absolute atomic E-state index is 13.8. The zero-order valence-corrected chi connectivity index (χ0v) is 17.5. The summed E-state index contributed by atoms with van der Waals surface area (Å²) < 4.78 is 6.35. The molecule has 3 aromatic heterocycles. The fraction of sp³-hybridized carbons (Fsp3) is 0.348. The number of rotatable bonds is 5. The van der Waals surface area contributed by atoms with Crippen LogP contribution in [0, 0.1) is 0 Å². The van der Waals surface area contributed by atoms with Gasteiger partial charge in [0.1, 0.15) is 0 Å². The van der Waals surface area contributed by atoms with Gasteiger partial charge in [-0.05, 0) is 51.7 Å². The van der Waals surface area contributed by atoms with Crippen LogP contribution in [-0.4, -0.2) is 57.5 Å². The van der Waals surface area contributed by atoms with E-state index >= 15 is 0 Å². The van der Waals surface area contributed by atoms with Gasteiger partial charge in [0.05, 0.1) is 6.61 Å². The van der Waals surface area contributed by atoms with Crippen LogP contribution in [0.5, 0.6) is 0 Å². The van der Waals surface area contributed by atoms with Gasteiger partial charge in [0.15, 0.2) is 5.60 Å². The first-order chi connectivity index (χ1) is 14.7. The fourth-order valence-electron chi connectivity index (χ4n) is 4.62. The van der Waals surface area contributed by atoms with Gasteiger partial charge in [0, 0.05) is 63.4 Å². The van der Waals surface area contributed by atoms with E-state index in [1.165, 1.54) is 11.1 Å². The van der Waals surface area contributed by atoms with Crippen LogP contribution in [0.15, 0.2) is 65.9 Å². The lowest BCUT2D eigenvalue weighted by atomic mass is 9.83. The Morgan fingerprint density at radius 3 is 2.77 bits per heavy atom. The Hall–Kier alpha value is -2.61. The van der Waals surface area contributed by atoms with Crippen LogP contribution in [0.3, 0.4) is 0 Å². The summed E-state index contributed by atoms with van der Waals surface area (Å²) in [4.78, 5) is 26.5. The van der Waals surface area contributed by atoms with Gasteiger partial charge in [0.25, 0.3) is 5.91 Å². The number of carbonyl (C=O) groups is 1. The van der Waals surface area contributed by atoms with Gasteiger partial charge in [0.2, 0.25) is 0 Å². The van der Waals surface area contributed by atoms with Gasteiger partial charge in [-0.15, -0.1) is 0 Å². The summed E-state index contributed by atoms with van der Waals surface area (Å²) in [5.41, 5.74) is 2.55. The Bertz CT molecular complexity index is 983. The summed E-state index contributed by atoms with van der Waals surface area (Å²) in [7, 11) is 0. The summed E-state index contributed by atoms with van der Waals surface area (Å²) in [6.07, 6.45) is 7.26. The third kappa shape index (κ3) is 3.64. The highest BCUT2D eigenvalue weighted by atomic mass is 32.1. The summed E-state index contributed by atoms with van der Waals surface area (Å²) in [5.74, 6) is 0.0387. The molecule has 0 bridgehead atoms. The van der Waals surface area contributed by atoms with Crippen LogP contribution in [0.25, 0.3) is 0 Å². The lowest BCUT2D eigenvalue weighted by Crippen LogP contribution is -2.59. The lowest BCUT2D eigenvalue weighted by molar-refractivity contribution is -0.173. The van der Waals surface area contributed by atoms with Crippen molar-refractivity contribution in [2.75, 3.05) is 26.2 Å². The van der Waals surface area contributed by atoms with Crippen molar-refractivity contribution < 1.29 is 9.53 Å². The van der Waals surface area contributed by atoms with Crippen LogP contribution in [-0.2, 0) is 22.6 Å². The largest absolute Gasteiger partial charge is 0.361 e. The van der Waals surface area contributed by atoms with E-state index in [4.69, 9.17) is 4.74 Å². The van der Waals surface area contributed by atoms with E-state index in [9.17, 15) is 4.79 Å². The molecule has 2 aliphatic rings. The minimum absolute atomic E-state index is 0.0502. The number of thiophene rings is 1. The number of nitrogens with zero attached hydrogens (tertiary/aromatic N) is 4. The number of hydrogen-bond donors (Lipinski definition) is 0. The quantitative estimate of drug-likeness (QED) is 0.635. The van der Waals surface area contributed by atoms with Gasteiger partial charge < -0.3 is 9.64 Å². The summed E-state index contributed by atoms with van der Waals surface area (Å²) in [5, 5.41) is 4.17. The minimum Gasteiger partial charge on any atom is -0.361 e. The smallest absolute Gasteiger partial charge is 0.257 e. The molecule has 2 fully saturated rings. The molecule has 7 heteroatoms.